The molecule has 4 heavy (non-hydrogen) atoms. The van der Waals surface area contributed by atoms with Crippen molar-refractivity contribution in [1.29, 1.82) is 0 Å². The molecule has 0 radical (unpaired) electrons. The van der Waals surface area contributed by atoms with Gasteiger partial charge in [0.25, 0.3) is 0 Å². The fraction of sp³-hybridized carbons (Fsp3) is 0. The molecule has 0 aliphatic rings. The molecule has 4 heteroatoms. The third-order valence-electron chi connectivity index (χ3n) is 0. The van der Waals surface area contributed by atoms with Crippen LogP contribution in [0.3, 0.4) is 0 Å². The van der Waals surface area contributed by atoms with Gasteiger partial charge in [0.2, 0.25) is 0 Å². The van der Waals surface area contributed by atoms with E-state index < -0.39 is 0 Å². The average molecular weight is 239 g/mol. The molecule has 0 rings (SSSR count). The zero-order valence-electron chi connectivity index (χ0n) is 1.60. The Labute approximate surface area is 67.1 Å². The summed E-state index contributed by atoms with van der Waals surface area (Å²) < 4.78 is 0. The van der Waals surface area contributed by atoms with Gasteiger partial charge < -0.3 is 6.15 Å². The van der Waals surface area contributed by atoms with Crippen LogP contribution in [0.15, 0.2) is 0 Å². The van der Waals surface area contributed by atoms with Crippen molar-refractivity contribution in [2.24, 2.45) is 0 Å². The van der Waals surface area contributed by atoms with Gasteiger partial charge in [-0.15, -0.1) is 0 Å². The van der Waals surface area contributed by atoms with Crippen LogP contribution >= 0.6 is 0 Å². The van der Waals surface area contributed by atoms with E-state index in [4.69, 9.17) is 0 Å². The van der Waals surface area contributed by atoms with Crippen molar-refractivity contribution >= 4 is 61.6 Å². The minimum absolute atomic E-state index is 0. The molecular formula is H6AlGaNSb. The van der Waals surface area contributed by atoms with Gasteiger partial charge >= 0.3 is 61.6 Å². The van der Waals surface area contributed by atoms with E-state index in [1.54, 1.807) is 0 Å². The van der Waals surface area contributed by atoms with Crippen LogP contribution in [0.5, 0.6) is 0 Å². The molecule has 0 heterocycles. The quantitative estimate of drug-likeness (QED) is 0.419. The SMILES string of the molecule is [Al+3].[Ga+3].[N-3].[SbH6-3]. The van der Waals surface area contributed by atoms with Crippen LogP contribution in [0, 0.1) is 0 Å². The third-order valence-corrected chi connectivity index (χ3v) is 0. The third kappa shape index (κ3) is 9.04. The number of rotatable bonds is 0. The standard InChI is InChI=1S/Al.Ga.N.Sb.6H/q2*+3;2*-3;;;;;;. The molecule has 0 aromatic carbocycles. The van der Waals surface area contributed by atoms with Gasteiger partial charge in [-0.3, -0.25) is 0 Å². The number of nitrogens with zero attached hydrogens (tertiary/aromatic N) is 1. The van der Waals surface area contributed by atoms with E-state index >= 15 is 0 Å². The van der Waals surface area contributed by atoms with Gasteiger partial charge in [0.15, 0.2) is 0 Å². The average Bonchev–Trinajstić information content (AvgIpc) is 0. The molecule has 0 aromatic heterocycles. The molecule has 0 saturated heterocycles. The van der Waals surface area contributed by atoms with E-state index in [0.29, 0.717) is 0 Å². The molecule has 0 aromatic rings. The summed E-state index contributed by atoms with van der Waals surface area (Å²) in [6.07, 6.45) is 0. The second-order valence-electron chi connectivity index (χ2n) is 0. The Kier molecular flexibility index (Phi) is 195. The van der Waals surface area contributed by atoms with Gasteiger partial charge in [-0.2, -0.15) is 0 Å². The summed E-state index contributed by atoms with van der Waals surface area (Å²) in [4.78, 5) is 0. The molecule has 0 amide bonds. The number of hydrogen-bond donors (Lipinski definition) is 0. The molecule has 0 aliphatic carbocycles. The molecule has 1 nitrogen and oxygen atoms in total. The normalized spacial score (nSPS) is 0. The Hall–Kier alpha value is 1.95. The Morgan fingerprint density at radius 3 is 1.00 bits per heavy atom. The Balaban J connectivity index is 0. The van der Waals surface area contributed by atoms with Crippen molar-refractivity contribution in [1.82, 2.24) is 0 Å². The minimum atomic E-state index is 0. The predicted molar refractivity (Wildman–Crippen MR) is 29.0 cm³/mol. The van der Waals surface area contributed by atoms with Gasteiger partial charge in [0.1, 0.15) is 0 Å². The molecule has 0 bridgehead atoms. The summed E-state index contributed by atoms with van der Waals surface area (Å²) in [6.45, 7) is 0. The molecule has 0 N–H and O–H groups in total. The van der Waals surface area contributed by atoms with E-state index in [1.165, 1.54) is 0 Å². The Bertz CT molecular complexity index is 8.00. The molecule has 0 fully saturated rings. The van der Waals surface area contributed by atoms with E-state index in [2.05, 4.69) is 0 Å². The van der Waals surface area contributed by atoms with Crippen molar-refractivity contribution in [2.75, 3.05) is 0 Å². The van der Waals surface area contributed by atoms with Gasteiger partial charge in [0.05, 0.1) is 0 Å². The first-order valence-corrected chi connectivity index (χ1v) is 0. The van der Waals surface area contributed by atoms with E-state index in [0.717, 1.165) is 0 Å². The van der Waals surface area contributed by atoms with Crippen LogP contribution < -0.4 is 0 Å². The van der Waals surface area contributed by atoms with E-state index in [1.807, 2.05) is 0 Å². The van der Waals surface area contributed by atoms with Crippen molar-refractivity contribution < 1.29 is 0 Å². The van der Waals surface area contributed by atoms with Crippen LogP contribution in [0.2, 0.25) is 0 Å². The van der Waals surface area contributed by atoms with Crippen molar-refractivity contribution in [3.05, 3.63) is 6.15 Å². The van der Waals surface area contributed by atoms with E-state index in [-0.39, 0.29) is 67.7 Å². The Morgan fingerprint density at radius 1 is 1.00 bits per heavy atom. The maximum atomic E-state index is 0. The van der Waals surface area contributed by atoms with Gasteiger partial charge in [-0.05, 0) is 0 Å². The summed E-state index contributed by atoms with van der Waals surface area (Å²) in [5.74, 6) is 0. The van der Waals surface area contributed by atoms with Crippen molar-refractivity contribution in [2.45, 2.75) is 0 Å². The van der Waals surface area contributed by atoms with Gasteiger partial charge in [-0.1, -0.05) is 0 Å². The van der Waals surface area contributed by atoms with Crippen LogP contribution in [-0.2, 0) is 0 Å². The second kappa shape index (κ2) is 20.3. The monoisotopic (exact) mass is 237 g/mol. The van der Waals surface area contributed by atoms with Crippen LogP contribution in [-0.4, -0.2) is 61.6 Å². The Morgan fingerprint density at radius 2 is 1.00 bits per heavy atom. The summed E-state index contributed by atoms with van der Waals surface area (Å²) in [6, 6.07) is 0. The van der Waals surface area contributed by atoms with Crippen LogP contribution in [0.1, 0.15) is 0 Å². The summed E-state index contributed by atoms with van der Waals surface area (Å²) >= 11 is 0. The van der Waals surface area contributed by atoms with E-state index in [9.17, 15) is 0 Å². The molecule has 0 atom stereocenters. The molecule has 0 unspecified atom stereocenters. The maximum absolute atomic E-state index is 0. The second-order valence-corrected chi connectivity index (χ2v) is 0. The molecule has 22 valence electrons. The summed E-state index contributed by atoms with van der Waals surface area (Å²) in [7, 11) is 0. The first-order chi connectivity index (χ1) is 0. The van der Waals surface area contributed by atoms with Crippen LogP contribution in [0.4, 0.5) is 0 Å². The molecule has 0 aliphatic heterocycles. The van der Waals surface area contributed by atoms with Gasteiger partial charge in [0, 0.05) is 0 Å². The van der Waals surface area contributed by atoms with Crippen LogP contribution in [0.25, 0.3) is 6.15 Å². The number of hydrogen-bond acceptors (Lipinski definition) is 0. The molecule has 0 spiro atoms. The zero-order chi connectivity index (χ0) is 0. The fourth-order valence-electron chi connectivity index (χ4n) is 0. The zero-order valence-corrected chi connectivity index (χ0v) is 5.18. The fourth-order valence-corrected chi connectivity index (χ4v) is 0. The molecular weight excluding hydrogens is 232 g/mol. The van der Waals surface area contributed by atoms with Crippen molar-refractivity contribution in [3.8, 4) is 0 Å². The summed E-state index contributed by atoms with van der Waals surface area (Å²) in [5.41, 5.74) is 0. The van der Waals surface area contributed by atoms with Gasteiger partial charge in [-0.25, -0.2) is 0 Å². The first kappa shape index (κ1) is 38.4. The topological polar surface area (TPSA) is 30.5 Å². The molecule has 0 saturated carbocycles. The van der Waals surface area contributed by atoms with Crippen molar-refractivity contribution in [3.63, 3.8) is 0 Å². The first-order valence-electron chi connectivity index (χ1n) is 0. The summed E-state index contributed by atoms with van der Waals surface area (Å²) in [5, 5.41) is 0. The predicted octanol–water partition coefficient (Wildman–Crippen LogP) is -2.46.